The number of hydrogen-bond acceptors (Lipinski definition) is 4. The number of carboxylic acids is 1. The molecule has 0 aromatic heterocycles. The summed E-state index contributed by atoms with van der Waals surface area (Å²) < 4.78 is 0. The number of rotatable bonds is 7. The first kappa shape index (κ1) is 17.0. The molecule has 9 nitrogen and oxygen atoms in total. The Bertz CT molecular complexity index is 332. The van der Waals surface area contributed by atoms with Crippen LogP contribution in [0.1, 0.15) is 19.3 Å². The van der Waals surface area contributed by atoms with Crippen molar-refractivity contribution in [3.63, 3.8) is 0 Å². The van der Waals surface area contributed by atoms with Crippen molar-refractivity contribution in [3.8, 4) is 0 Å². The summed E-state index contributed by atoms with van der Waals surface area (Å²) in [6, 6.07) is -0.522. The molecule has 0 aromatic carbocycles. The second-order valence-corrected chi connectivity index (χ2v) is 4.38. The predicted molar refractivity (Wildman–Crippen MR) is 72.6 cm³/mol. The first-order valence-corrected chi connectivity index (χ1v) is 5.87. The largest absolute Gasteiger partial charge is 0.480 e. The van der Waals surface area contributed by atoms with E-state index in [9.17, 15) is 4.79 Å². The SMILES string of the molecule is CN(C)[C@H](CCCCN(NC(=N)N)C(=N)N)C(=O)O. The van der Waals surface area contributed by atoms with Gasteiger partial charge in [0.2, 0.25) is 11.9 Å². The van der Waals surface area contributed by atoms with E-state index in [-0.39, 0.29) is 11.9 Å². The topological polar surface area (TPSA) is 156 Å². The lowest BCUT2D eigenvalue weighted by Gasteiger charge is -2.24. The van der Waals surface area contributed by atoms with E-state index in [4.69, 9.17) is 27.4 Å². The zero-order chi connectivity index (χ0) is 15.0. The minimum absolute atomic E-state index is 0.238. The summed E-state index contributed by atoms with van der Waals surface area (Å²) in [5.41, 5.74) is 12.9. The second-order valence-electron chi connectivity index (χ2n) is 4.38. The van der Waals surface area contributed by atoms with Crippen LogP contribution in [-0.4, -0.2) is 59.6 Å². The maximum atomic E-state index is 11.0. The standard InChI is InChI=1S/C10H23N7O2/c1-16(2)7(8(18)19)5-3-4-6-17(10(13)14)15-9(11)12/h7H,3-6H2,1-2H3,(H3,13,14)(H,18,19)(H4,11,12,15)/t7-/m1/s1. The molecule has 0 amide bonds. The Morgan fingerprint density at radius 3 is 2.26 bits per heavy atom. The van der Waals surface area contributed by atoms with Crippen molar-refractivity contribution in [2.45, 2.75) is 25.3 Å². The monoisotopic (exact) mass is 273 g/mol. The van der Waals surface area contributed by atoms with Gasteiger partial charge in [-0.1, -0.05) is 0 Å². The summed E-state index contributed by atoms with van der Waals surface area (Å²) in [6.07, 6.45) is 1.81. The Morgan fingerprint density at radius 2 is 1.89 bits per heavy atom. The van der Waals surface area contributed by atoms with Gasteiger partial charge >= 0.3 is 5.97 Å². The molecule has 0 aliphatic rings. The Labute approximate surface area is 112 Å². The van der Waals surface area contributed by atoms with Crippen molar-refractivity contribution in [1.82, 2.24) is 15.3 Å². The minimum Gasteiger partial charge on any atom is -0.480 e. The molecule has 0 saturated carbocycles. The molecule has 0 saturated heterocycles. The summed E-state index contributed by atoms with van der Waals surface area (Å²) in [4.78, 5) is 12.6. The van der Waals surface area contributed by atoms with E-state index < -0.39 is 12.0 Å². The maximum Gasteiger partial charge on any atom is 0.320 e. The van der Waals surface area contributed by atoms with Crippen LogP contribution < -0.4 is 16.9 Å². The van der Waals surface area contributed by atoms with Crippen molar-refractivity contribution in [2.24, 2.45) is 11.5 Å². The van der Waals surface area contributed by atoms with E-state index in [1.165, 1.54) is 5.01 Å². The van der Waals surface area contributed by atoms with Gasteiger partial charge in [-0.25, -0.2) is 0 Å². The smallest absolute Gasteiger partial charge is 0.320 e. The van der Waals surface area contributed by atoms with Crippen LogP contribution in [0.4, 0.5) is 0 Å². The van der Waals surface area contributed by atoms with E-state index in [1.807, 2.05) is 0 Å². The van der Waals surface area contributed by atoms with Crippen LogP contribution in [0.2, 0.25) is 0 Å². The summed E-state index contributed by atoms with van der Waals surface area (Å²) >= 11 is 0. The molecule has 0 aliphatic heterocycles. The van der Waals surface area contributed by atoms with Gasteiger partial charge in [0.05, 0.1) is 0 Å². The Balaban J connectivity index is 4.09. The van der Waals surface area contributed by atoms with Crippen LogP contribution in [0.5, 0.6) is 0 Å². The lowest BCUT2D eigenvalue weighted by atomic mass is 10.1. The molecule has 0 radical (unpaired) electrons. The number of nitrogens with one attached hydrogen (secondary N) is 3. The fourth-order valence-electron chi connectivity index (χ4n) is 1.59. The molecule has 8 N–H and O–H groups in total. The zero-order valence-electron chi connectivity index (χ0n) is 11.3. The third-order valence-electron chi connectivity index (χ3n) is 2.56. The normalized spacial score (nSPS) is 11.9. The van der Waals surface area contributed by atoms with Crippen molar-refractivity contribution in [3.05, 3.63) is 0 Å². The fourth-order valence-corrected chi connectivity index (χ4v) is 1.59. The highest BCUT2D eigenvalue weighted by Gasteiger charge is 2.19. The summed E-state index contributed by atoms with van der Waals surface area (Å²) in [6.45, 7) is 0.384. The molecule has 9 heteroatoms. The van der Waals surface area contributed by atoms with Gasteiger partial charge in [0.25, 0.3) is 0 Å². The predicted octanol–water partition coefficient (Wildman–Crippen LogP) is -1.23. The molecule has 0 rings (SSSR count). The Kier molecular flexibility index (Phi) is 7.27. The Morgan fingerprint density at radius 1 is 1.32 bits per heavy atom. The summed E-state index contributed by atoms with van der Waals surface area (Å²) in [5, 5.41) is 24.6. The Hall–Kier alpha value is -2.03. The van der Waals surface area contributed by atoms with E-state index in [2.05, 4.69) is 5.43 Å². The van der Waals surface area contributed by atoms with Gasteiger partial charge in [0.1, 0.15) is 6.04 Å². The highest BCUT2D eigenvalue weighted by molar-refractivity contribution is 5.80. The number of hydrazine groups is 1. The number of unbranched alkanes of at least 4 members (excludes halogenated alkanes) is 1. The molecular weight excluding hydrogens is 250 g/mol. The quantitative estimate of drug-likeness (QED) is 0.147. The molecular formula is C10H23N7O2. The van der Waals surface area contributed by atoms with Crippen LogP contribution in [0.3, 0.4) is 0 Å². The molecule has 0 aliphatic carbocycles. The van der Waals surface area contributed by atoms with Crippen molar-refractivity contribution in [2.75, 3.05) is 20.6 Å². The number of carbonyl (C=O) groups is 1. The molecule has 0 aromatic rings. The molecule has 0 fully saturated rings. The lowest BCUT2D eigenvalue weighted by molar-refractivity contribution is -0.142. The number of aliphatic carboxylic acids is 1. The van der Waals surface area contributed by atoms with Crippen LogP contribution in [0.25, 0.3) is 0 Å². The van der Waals surface area contributed by atoms with Gasteiger partial charge in [0, 0.05) is 6.54 Å². The van der Waals surface area contributed by atoms with Gasteiger partial charge < -0.3 is 16.6 Å². The van der Waals surface area contributed by atoms with E-state index in [0.717, 1.165) is 0 Å². The van der Waals surface area contributed by atoms with Crippen LogP contribution in [0, 0.1) is 10.8 Å². The van der Waals surface area contributed by atoms with Crippen molar-refractivity contribution >= 4 is 17.9 Å². The van der Waals surface area contributed by atoms with E-state index in [1.54, 1.807) is 19.0 Å². The first-order valence-electron chi connectivity index (χ1n) is 5.87. The van der Waals surface area contributed by atoms with E-state index in [0.29, 0.717) is 25.8 Å². The number of guanidine groups is 2. The average Bonchev–Trinajstić information content (AvgIpc) is 2.25. The van der Waals surface area contributed by atoms with Gasteiger partial charge in [-0.05, 0) is 33.4 Å². The molecule has 0 unspecified atom stereocenters. The number of likely N-dealkylation sites (N-methyl/N-ethyl adjacent to an activating group) is 1. The zero-order valence-corrected chi connectivity index (χ0v) is 11.3. The van der Waals surface area contributed by atoms with Crippen LogP contribution in [-0.2, 0) is 4.79 Å². The lowest BCUT2D eigenvalue weighted by Crippen LogP contribution is -2.51. The number of carboxylic acid groups (broad SMARTS) is 1. The average molecular weight is 273 g/mol. The van der Waals surface area contributed by atoms with Gasteiger partial charge in [-0.3, -0.25) is 30.9 Å². The van der Waals surface area contributed by atoms with Crippen molar-refractivity contribution < 1.29 is 9.90 Å². The molecule has 0 bridgehead atoms. The third-order valence-corrected chi connectivity index (χ3v) is 2.56. The van der Waals surface area contributed by atoms with Gasteiger partial charge in [-0.2, -0.15) is 0 Å². The molecule has 110 valence electrons. The molecule has 0 spiro atoms. The second kappa shape index (κ2) is 8.14. The molecule has 1 atom stereocenters. The van der Waals surface area contributed by atoms with Crippen LogP contribution >= 0.6 is 0 Å². The summed E-state index contributed by atoms with van der Waals surface area (Å²) in [5.74, 6) is -1.39. The number of nitrogens with zero attached hydrogens (tertiary/aromatic N) is 2. The van der Waals surface area contributed by atoms with Gasteiger partial charge in [0.15, 0.2) is 0 Å². The summed E-state index contributed by atoms with van der Waals surface area (Å²) in [7, 11) is 3.44. The first-order chi connectivity index (χ1) is 8.75. The minimum atomic E-state index is -0.852. The van der Waals surface area contributed by atoms with Crippen LogP contribution in [0.15, 0.2) is 0 Å². The van der Waals surface area contributed by atoms with E-state index >= 15 is 0 Å². The van der Waals surface area contributed by atoms with Crippen molar-refractivity contribution in [1.29, 1.82) is 10.8 Å². The molecule has 19 heavy (non-hydrogen) atoms. The third kappa shape index (κ3) is 7.09. The number of nitrogens with two attached hydrogens (primary N) is 2. The fraction of sp³-hybridized carbons (Fsp3) is 0.700. The van der Waals surface area contributed by atoms with Gasteiger partial charge in [-0.15, -0.1) is 0 Å². The maximum absolute atomic E-state index is 11.0. The highest BCUT2D eigenvalue weighted by Crippen LogP contribution is 2.06. The molecule has 0 heterocycles. The highest BCUT2D eigenvalue weighted by atomic mass is 16.4. The number of hydrogen-bond donors (Lipinski definition) is 6.